The molecule has 1 atom stereocenters. The van der Waals surface area contributed by atoms with Crippen molar-refractivity contribution in [1.82, 2.24) is 5.32 Å². The Hall–Kier alpha value is -1.11. The van der Waals surface area contributed by atoms with Gasteiger partial charge in [-0.1, -0.05) is 47.7 Å². The summed E-state index contributed by atoms with van der Waals surface area (Å²) in [6.07, 6.45) is 0.0713. The Morgan fingerprint density at radius 1 is 1.50 bits per heavy atom. The van der Waals surface area contributed by atoms with E-state index >= 15 is 0 Å². The molecule has 0 spiro atoms. The van der Waals surface area contributed by atoms with Gasteiger partial charge in [-0.2, -0.15) is 0 Å². The van der Waals surface area contributed by atoms with Gasteiger partial charge in [-0.25, -0.2) is 0 Å². The molecule has 2 rings (SSSR count). The molecule has 0 saturated carbocycles. The van der Waals surface area contributed by atoms with Crippen molar-refractivity contribution in [1.29, 1.82) is 0 Å². The highest BCUT2D eigenvalue weighted by atomic mass is 35.5. The van der Waals surface area contributed by atoms with Gasteiger partial charge in [0.2, 0.25) is 11.8 Å². The minimum absolute atomic E-state index is 0.0713. The van der Waals surface area contributed by atoms with Crippen LogP contribution < -0.4 is 10.6 Å². The average molecular weight is 301 g/mol. The summed E-state index contributed by atoms with van der Waals surface area (Å²) in [6, 6.07) is 6.93. The molecule has 1 aromatic rings. The first-order valence-corrected chi connectivity index (χ1v) is 6.78. The highest BCUT2D eigenvalue weighted by Crippen LogP contribution is 2.24. The third kappa shape index (κ3) is 3.22. The number of carbonyl (C=O) groups is 2. The second-order valence-electron chi connectivity index (χ2n) is 3.62. The molecule has 1 aliphatic rings. The van der Waals surface area contributed by atoms with Gasteiger partial charge in [0.1, 0.15) is 4.32 Å². The number of carbonyl (C=O) groups excluding carboxylic acids is 2. The van der Waals surface area contributed by atoms with E-state index in [0.717, 1.165) is 0 Å². The number of amides is 2. The minimum Gasteiger partial charge on any atom is -0.325 e. The van der Waals surface area contributed by atoms with E-state index in [9.17, 15) is 9.59 Å². The Kier molecular flexibility index (Phi) is 4.21. The molecule has 0 bridgehead atoms. The van der Waals surface area contributed by atoms with E-state index in [2.05, 4.69) is 10.6 Å². The molecule has 2 N–H and O–H groups in total. The number of hydrogen-bond donors (Lipinski definition) is 2. The monoisotopic (exact) mass is 300 g/mol. The van der Waals surface area contributed by atoms with Crippen LogP contribution in [0.1, 0.15) is 6.42 Å². The molecular weight excluding hydrogens is 292 g/mol. The van der Waals surface area contributed by atoms with Crippen molar-refractivity contribution >= 4 is 57.4 Å². The van der Waals surface area contributed by atoms with Crippen molar-refractivity contribution in [2.45, 2.75) is 11.7 Å². The van der Waals surface area contributed by atoms with Gasteiger partial charge in [0, 0.05) is 6.42 Å². The van der Waals surface area contributed by atoms with Gasteiger partial charge < -0.3 is 10.6 Å². The SMILES string of the molecule is O=C(CC1SC(=S)NC1=O)Nc1ccccc1Cl. The summed E-state index contributed by atoms with van der Waals surface area (Å²) >= 11 is 12.0. The van der Waals surface area contributed by atoms with Gasteiger partial charge in [0.15, 0.2) is 0 Å². The predicted octanol–water partition coefficient (Wildman–Crippen LogP) is 2.19. The standard InChI is InChI=1S/C11H9ClN2O2S2/c12-6-3-1-2-4-7(6)13-9(15)5-8-10(16)14-11(17)18-8/h1-4,8H,5H2,(H,13,15)(H,14,16,17). The summed E-state index contributed by atoms with van der Waals surface area (Å²) in [6.45, 7) is 0. The summed E-state index contributed by atoms with van der Waals surface area (Å²) in [4.78, 5) is 23.2. The van der Waals surface area contributed by atoms with Gasteiger partial charge in [0.05, 0.1) is 16.0 Å². The van der Waals surface area contributed by atoms with Gasteiger partial charge in [-0.3, -0.25) is 9.59 Å². The van der Waals surface area contributed by atoms with Crippen molar-refractivity contribution in [3.63, 3.8) is 0 Å². The summed E-state index contributed by atoms with van der Waals surface area (Å²) < 4.78 is 0.413. The van der Waals surface area contributed by atoms with Crippen LogP contribution in [0.3, 0.4) is 0 Å². The molecule has 2 amide bonds. The molecular formula is C11H9ClN2O2S2. The fourth-order valence-electron chi connectivity index (χ4n) is 1.46. The van der Waals surface area contributed by atoms with Crippen LogP contribution in [0, 0.1) is 0 Å². The second kappa shape index (κ2) is 5.69. The molecule has 1 aromatic carbocycles. The summed E-state index contributed by atoms with van der Waals surface area (Å²) in [5, 5.41) is 5.17. The van der Waals surface area contributed by atoms with E-state index in [1.54, 1.807) is 24.3 Å². The first-order chi connectivity index (χ1) is 8.56. The molecule has 7 heteroatoms. The summed E-state index contributed by atoms with van der Waals surface area (Å²) in [5.41, 5.74) is 0.537. The zero-order valence-corrected chi connectivity index (χ0v) is 11.5. The molecule has 0 aliphatic carbocycles. The third-order valence-corrected chi connectivity index (χ3v) is 3.99. The summed E-state index contributed by atoms with van der Waals surface area (Å²) in [7, 11) is 0. The van der Waals surface area contributed by atoms with Gasteiger partial charge >= 0.3 is 0 Å². The lowest BCUT2D eigenvalue weighted by Gasteiger charge is -2.08. The van der Waals surface area contributed by atoms with E-state index in [-0.39, 0.29) is 18.2 Å². The van der Waals surface area contributed by atoms with Crippen LogP contribution in [0.2, 0.25) is 5.02 Å². The van der Waals surface area contributed by atoms with Crippen molar-refractivity contribution in [2.75, 3.05) is 5.32 Å². The normalized spacial score (nSPS) is 18.6. The van der Waals surface area contributed by atoms with Crippen LogP contribution in [-0.4, -0.2) is 21.4 Å². The molecule has 1 unspecified atom stereocenters. The zero-order chi connectivity index (χ0) is 13.1. The fourth-order valence-corrected chi connectivity index (χ4v) is 2.91. The molecule has 0 aromatic heterocycles. The summed E-state index contributed by atoms with van der Waals surface area (Å²) in [5.74, 6) is -0.486. The Bertz CT molecular complexity index is 522. The molecule has 18 heavy (non-hydrogen) atoms. The average Bonchev–Trinajstić information content (AvgIpc) is 2.61. The number of halogens is 1. The van der Waals surface area contributed by atoms with Crippen LogP contribution in [-0.2, 0) is 9.59 Å². The minimum atomic E-state index is -0.458. The molecule has 1 heterocycles. The largest absolute Gasteiger partial charge is 0.325 e. The van der Waals surface area contributed by atoms with E-state index in [1.807, 2.05) is 0 Å². The van der Waals surface area contributed by atoms with Crippen LogP contribution in [0.15, 0.2) is 24.3 Å². The van der Waals surface area contributed by atoms with Crippen LogP contribution in [0.5, 0.6) is 0 Å². The van der Waals surface area contributed by atoms with Crippen molar-refractivity contribution < 1.29 is 9.59 Å². The van der Waals surface area contributed by atoms with Gasteiger partial charge in [-0.15, -0.1) is 0 Å². The first kappa shape index (κ1) is 13.3. The quantitative estimate of drug-likeness (QED) is 0.840. The van der Waals surface area contributed by atoms with E-state index < -0.39 is 5.25 Å². The molecule has 1 fully saturated rings. The highest BCUT2D eigenvalue weighted by molar-refractivity contribution is 8.24. The Balaban J connectivity index is 1.95. The van der Waals surface area contributed by atoms with E-state index in [0.29, 0.717) is 15.0 Å². The maximum Gasteiger partial charge on any atom is 0.239 e. The molecule has 1 saturated heterocycles. The number of thiocarbonyl (C=S) groups is 1. The van der Waals surface area contributed by atoms with Crippen LogP contribution in [0.4, 0.5) is 5.69 Å². The Labute approximate surface area is 118 Å². The molecule has 0 radical (unpaired) electrons. The topological polar surface area (TPSA) is 58.2 Å². The smallest absolute Gasteiger partial charge is 0.239 e. The third-order valence-electron chi connectivity index (χ3n) is 2.29. The van der Waals surface area contributed by atoms with Crippen molar-refractivity contribution in [2.24, 2.45) is 0 Å². The lowest BCUT2D eigenvalue weighted by Crippen LogP contribution is -2.27. The number of rotatable bonds is 3. The Morgan fingerprint density at radius 2 is 2.22 bits per heavy atom. The van der Waals surface area contributed by atoms with Crippen LogP contribution >= 0.6 is 35.6 Å². The lowest BCUT2D eigenvalue weighted by molar-refractivity contribution is -0.122. The van der Waals surface area contributed by atoms with Crippen LogP contribution in [0.25, 0.3) is 0 Å². The molecule has 94 valence electrons. The maximum atomic E-state index is 11.8. The zero-order valence-electron chi connectivity index (χ0n) is 9.10. The number of nitrogens with one attached hydrogen (secondary N) is 2. The van der Waals surface area contributed by atoms with E-state index in [4.69, 9.17) is 23.8 Å². The molecule has 4 nitrogen and oxygen atoms in total. The number of para-hydroxylation sites is 1. The first-order valence-electron chi connectivity index (χ1n) is 5.12. The van der Waals surface area contributed by atoms with E-state index in [1.165, 1.54) is 11.8 Å². The number of hydrogen-bond acceptors (Lipinski definition) is 4. The number of anilines is 1. The fraction of sp³-hybridized carbons (Fsp3) is 0.182. The number of benzene rings is 1. The second-order valence-corrected chi connectivity index (χ2v) is 5.90. The highest BCUT2D eigenvalue weighted by Gasteiger charge is 2.30. The Morgan fingerprint density at radius 3 is 2.83 bits per heavy atom. The maximum absolute atomic E-state index is 11.8. The van der Waals surface area contributed by atoms with Crippen molar-refractivity contribution in [3.05, 3.63) is 29.3 Å². The number of thioether (sulfide) groups is 1. The van der Waals surface area contributed by atoms with Gasteiger partial charge in [0.25, 0.3) is 0 Å². The lowest BCUT2D eigenvalue weighted by atomic mass is 10.2. The van der Waals surface area contributed by atoms with Gasteiger partial charge in [-0.05, 0) is 12.1 Å². The predicted molar refractivity (Wildman–Crippen MR) is 76.8 cm³/mol. The molecule has 1 aliphatic heterocycles. The van der Waals surface area contributed by atoms with Crippen molar-refractivity contribution in [3.8, 4) is 0 Å².